The first kappa shape index (κ1) is 21.1. The monoisotopic (exact) mass is 442 g/mol. The Bertz CT molecular complexity index is 1090. The summed E-state index contributed by atoms with van der Waals surface area (Å²) in [4.78, 5) is 29.1. The Hall–Kier alpha value is -3.11. The summed E-state index contributed by atoms with van der Waals surface area (Å²) in [7, 11) is 0. The highest BCUT2D eigenvalue weighted by Crippen LogP contribution is 2.23. The van der Waals surface area contributed by atoms with Gasteiger partial charge in [-0.3, -0.25) is 19.8 Å². The van der Waals surface area contributed by atoms with E-state index in [0.717, 1.165) is 11.4 Å². The van der Waals surface area contributed by atoms with E-state index in [1.165, 1.54) is 23.5 Å². The van der Waals surface area contributed by atoms with E-state index in [4.69, 9.17) is 0 Å². The maximum Gasteiger partial charge on any atom is 0.255 e. The van der Waals surface area contributed by atoms with Gasteiger partial charge in [-0.15, -0.1) is 10.2 Å². The quantitative estimate of drug-likeness (QED) is 0.656. The number of nitrogens with one attached hydrogen (secondary N) is 1. The topological polar surface area (TPSA) is 83.4 Å². The molecule has 0 radical (unpaired) electrons. The summed E-state index contributed by atoms with van der Waals surface area (Å²) < 4.78 is 15.6. The smallest absolute Gasteiger partial charge is 0.255 e. The highest BCUT2D eigenvalue weighted by molar-refractivity contribution is 7.13. The van der Waals surface area contributed by atoms with E-state index < -0.39 is 0 Å². The van der Waals surface area contributed by atoms with E-state index in [2.05, 4.69) is 15.5 Å². The molecule has 3 aromatic rings. The van der Waals surface area contributed by atoms with Crippen LogP contribution in [0.3, 0.4) is 0 Å². The van der Waals surface area contributed by atoms with Gasteiger partial charge < -0.3 is 9.47 Å². The molecule has 31 heavy (non-hydrogen) atoms. The summed E-state index contributed by atoms with van der Waals surface area (Å²) in [5, 5.41) is 10.7. The number of benzene rings is 1. The van der Waals surface area contributed by atoms with Gasteiger partial charge in [0.1, 0.15) is 11.3 Å². The summed E-state index contributed by atoms with van der Waals surface area (Å²) >= 11 is 1.27. The van der Waals surface area contributed by atoms with E-state index >= 15 is 0 Å². The molecule has 1 aromatic carbocycles. The summed E-state index contributed by atoms with van der Waals surface area (Å²) in [5.41, 5.74) is 4.53. The zero-order valence-corrected chi connectivity index (χ0v) is 18.2. The van der Waals surface area contributed by atoms with Crippen LogP contribution in [0.4, 0.5) is 9.52 Å². The van der Waals surface area contributed by atoms with Crippen molar-refractivity contribution in [2.45, 2.75) is 13.8 Å². The van der Waals surface area contributed by atoms with Crippen molar-refractivity contribution < 1.29 is 14.0 Å². The molecule has 1 saturated heterocycles. The lowest BCUT2D eigenvalue weighted by Gasteiger charge is -2.34. The molecule has 162 valence electrons. The van der Waals surface area contributed by atoms with Crippen molar-refractivity contribution in [2.24, 2.45) is 0 Å². The molecular weight excluding hydrogens is 419 g/mol. The average Bonchev–Trinajstić information content (AvgIpc) is 3.35. The number of rotatable bonds is 5. The normalized spacial score (nSPS) is 14.6. The first-order chi connectivity index (χ1) is 14.9. The molecule has 0 saturated carbocycles. The fraction of sp³-hybridized carbons (Fsp3) is 0.333. The van der Waals surface area contributed by atoms with Gasteiger partial charge in [0.2, 0.25) is 11.0 Å². The predicted octanol–water partition coefficient (Wildman–Crippen LogP) is 2.48. The number of hydrogen-bond donors (Lipinski definition) is 1. The van der Waals surface area contributed by atoms with Crippen molar-refractivity contribution in [3.63, 3.8) is 0 Å². The zero-order valence-electron chi connectivity index (χ0n) is 17.3. The second kappa shape index (κ2) is 8.94. The number of aromatic nitrogens is 3. The van der Waals surface area contributed by atoms with Crippen molar-refractivity contribution >= 4 is 28.3 Å². The molecule has 0 atom stereocenters. The molecular formula is C21H23FN6O2S. The lowest BCUT2D eigenvalue weighted by atomic mass is 10.2. The third-order valence-corrected chi connectivity index (χ3v) is 5.97. The van der Waals surface area contributed by atoms with Crippen LogP contribution in [0.25, 0.3) is 5.69 Å². The number of amides is 2. The Balaban J connectivity index is 1.39. The van der Waals surface area contributed by atoms with Gasteiger partial charge >= 0.3 is 0 Å². The summed E-state index contributed by atoms with van der Waals surface area (Å²) in [6.07, 6.45) is 0. The van der Waals surface area contributed by atoms with E-state index in [1.54, 1.807) is 16.5 Å². The molecule has 0 spiro atoms. The maximum absolute atomic E-state index is 13.7. The summed E-state index contributed by atoms with van der Waals surface area (Å²) in [6.45, 7) is 6.32. The molecule has 10 heteroatoms. The van der Waals surface area contributed by atoms with Crippen LogP contribution in [0, 0.1) is 19.7 Å². The van der Waals surface area contributed by atoms with Crippen LogP contribution in [0.15, 0.2) is 35.8 Å². The first-order valence-corrected chi connectivity index (χ1v) is 10.8. The van der Waals surface area contributed by atoms with Crippen LogP contribution in [0.1, 0.15) is 21.7 Å². The zero-order chi connectivity index (χ0) is 22.0. The molecule has 0 unspecified atom stereocenters. The van der Waals surface area contributed by atoms with E-state index in [1.807, 2.05) is 35.4 Å². The number of hydrogen-bond acceptors (Lipinski definition) is 6. The Labute approximate surface area is 183 Å². The fourth-order valence-corrected chi connectivity index (χ4v) is 4.32. The Kier molecular flexibility index (Phi) is 6.10. The molecule has 2 amide bonds. The van der Waals surface area contributed by atoms with Crippen molar-refractivity contribution in [3.8, 4) is 5.69 Å². The lowest BCUT2D eigenvalue weighted by molar-refractivity contribution is -0.117. The van der Waals surface area contributed by atoms with Gasteiger partial charge in [-0.1, -0.05) is 17.4 Å². The van der Waals surface area contributed by atoms with Crippen LogP contribution in [-0.2, 0) is 4.79 Å². The van der Waals surface area contributed by atoms with Crippen LogP contribution >= 0.6 is 11.3 Å². The minimum absolute atomic E-state index is 0.0475. The number of anilines is 1. The van der Waals surface area contributed by atoms with Crippen molar-refractivity contribution in [1.82, 2.24) is 24.6 Å². The fourth-order valence-electron chi connectivity index (χ4n) is 3.86. The summed E-state index contributed by atoms with van der Waals surface area (Å²) in [5.74, 6) is -0.506. The highest BCUT2D eigenvalue weighted by Gasteiger charge is 2.26. The number of aryl methyl sites for hydroxylation is 1. The Morgan fingerprint density at radius 2 is 1.94 bits per heavy atom. The molecule has 1 aliphatic heterocycles. The van der Waals surface area contributed by atoms with Gasteiger partial charge in [0.05, 0.1) is 12.1 Å². The SMILES string of the molecule is Cc1cc(C(=O)N2CCN(CC(=O)Nc3nncs3)CC2)c(C)n1-c1cccc(F)c1. The summed E-state index contributed by atoms with van der Waals surface area (Å²) in [6, 6.07) is 8.19. The van der Waals surface area contributed by atoms with Crippen LogP contribution in [0.2, 0.25) is 0 Å². The molecule has 1 aliphatic rings. The van der Waals surface area contributed by atoms with Crippen LogP contribution in [0.5, 0.6) is 0 Å². The molecule has 8 nitrogen and oxygen atoms in total. The van der Waals surface area contributed by atoms with Gasteiger partial charge in [0.15, 0.2) is 0 Å². The molecule has 1 fully saturated rings. The van der Waals surface area contributed by atoms with Gasteiger partial charge in [0, 0.05) is 43.3 Å². The third kappa shape index (κ3) is 4.64. The van der Waals surface area contributed by atoms with Crippen molar-refractivity contribution in [2.75, 3.05) is 38.0 Å². The molecule has 3 heterocycles. The minimum atomic E-state index is -0.316. The number of piperazine rings is 1. The van der Waals surface area contributed by atoms with E-state index in [0.29, 0.717) is 42.6 Å². The second-order valence-electron chi connectivity index (χ2n) is 7.46. The Morgan fingerprint density at radius 1 is 1.16 bits per heavy atom. The first-order valence-electron chi connectivity index (χ1n) is 9.95. The van der Waals surface area contributed by atoms with Crippen molar-refractivity contribution in [3.05, 3.63) is 58.6 Å². The van der Waals surface area contributed by atoms with Crippen LogP contribution < -0.4 is 5.32 Å². The van der Waals surface area contributed by atoms with Gasteiger partial charge in [-0.05, 0) is 38.1 Å². The molecule has 0 bridgehead atoms. The molecule has 2 aromatic heterocycles. The van der Waals surface area contributed by atoms with Crippen LogP contribution in [-0.4, -0.2) is 69.1 Å². The highest BCUT2D eigenvalue weighted by atomic mass is 32.1. The average molecular weight is 443 g/mol. The van der Waals surface area contributed by atoms with Gasteiger partial charge in [-0.25, -0.2) is 4.39 Å². The molecule has 4 rings (SSSR count). The number of nitrogens with zero attached hydrogens (tertiary/aromatic N) is 5. The maximum atomic E-state index is 13.7. The largest absolute Gasteiger partial charge is 0.336 e. The number of carbonyl (C=O) groups excluding carboxylic acids is 2. The van der Waals surface area contributed by atoms with E-state index in [9.17, 15) is 14.0 Å². The standard InChI is InChI=1S/C21H23FN6O2S/c1-14-10-18(15(2)28(14)17-5-3-4-16(22)11-17)20(30)27-8-6-26(7-9-27)12-19(29)24-21-25-23-13-31-21/h3-5,10-11,13H,6-9,12H2,1-2H3,(H,24,25,29). The van der Waals surface area contributed by atoms with Gasteiger partial charge in [0.25, 0.3) is 5.91 Å². The molecule has 1 N–H and O–H groups in total. The minimum Gasteiger partial charge on any atom is -0.336 e. The predicted molar refractivity (Wildman–Crippen MR) is 116 cm³/mol. The number of carbonyl (C=O) groups is 2. The van der Waals surface area contributed by atoms with E-state index in [-0.39, 0.29) is 24.2 Å². The lowest BCUT2D eigenvalue weighted by Crippen LogP contribution is -2.50. The van der Waals surface area contributed by atoms with Crippen molar-refractivity contribution in [1.29, 1.82) is 0 Å². The second-order valence-corrected chi connectivity index (χ2v) is 8.29. The third-order valence-electron chi connectivity index (χ3n) is 5.36. The Morgan fingerprint density at radius 3 is 2.61 bits per heavy atom. The van der Waals surface area contributed by atoms with Gasteiger partial charge in [-0.2, -0.15) is 0 Å². The molecule has 0 aliphatic carbocycles. The number of halogens is 1.